The Hall–Kier alpha value is -2.66. The summed E-state index contributed by atoms with van der Waals surface area (Å²) in [5.74, 6) is -0.449. The minimum atomic E-state index is -0.558. The standard InChI is InChI=1S/C47H80O5/c1-4-7-10-13-15-17-19-21-22-23-24-25-27-29-31-33-36-39-42-50-43-45(52-47(49)41-38-34-12-9-6-3)44-51-46(48)40-37-35-32-30-28-26-20-18-16-14-11-8-5-2/h7,10,15,17-18,20-22,24-25,29,31,45H,4-6,8-9,11-14,16,19,23,26-28,30,32-44H2,1-3H3/b10-7-,17-15-,20-18-,22-21-,25-24-,31-29-. The predicted molar refractivity (Wildman–Crippen MR) is 224 cm³/mol. The molecule has 0 aromatic rings. The van der Waals surface area contributed by atoms with E-state index in [1.165, 1.54) is 57.8 Å². The zero-order valence-corrected chi connectivity index (χ0v) is 34.1. The lowest BCUT2D eigenvalue weighted by Crippen LogP contribution is -2.30. The fraction of sp³-hybridized carbons (Fsp3) is 0.702. The van der Waals surface area contributed by atoms with Gasteiger partial charge in [-0.1, -0.05) is 158 Å². The molecule has 5 heteroatoms. The maximum atomic E-state index is 12.5. The van der Waals surface area contributed by atoms with Crippen molar-refractivity contribution in [2.45, 2.75) is 194 Å². The SMILES string of the molecule is CC/C=C\C/C=C\C/C=C\C/C=C\C/C=C\CCCCOCC(COC(=O)CCCCCCC/C=C\CCCCCC)OC(=O)CCCCCCC. The van der Waals surface area contributed by atoms with Crippen LogP contribution < -0.4 is 0 Å². The number of esters is 2. The average molecular weight is 725 g/mol. The van der Waals surface area contributed by atoms with Crippen LogP contribution in [0.4, 0.5) is 0 Å². The molecular weight excluding hydrogens is 645 g/mol. The Kier molecular flexibility index (Phi) is 40.6. The molecule has 5 nitrogen and oxygen atoms in total. The molecule has 0 aliphatic carbocycles. The molecule has 0 spiro atoms. The van der Waals surface area contributed by atoms with E-state index in [1.54, 1.807) is 0 Å². The highest BCUT2D eigenvalue weighted by molar-refractivity contribution is 5.70. The maximum Gasteiger partial charge on any atom is 0.306 e. The molecule has 0 rings (SSSR count). The molecule has 0 aliphatic rings. The molecule has 1 atom stereocenters. The van der Waals surface area contributed by atoms with Crippen LogP contribution in [0.3, 0.4) is 0 Å². The summed E-state index contributed by atoms with van der Waals surface area (Å²) in [5.41, 5.74) is 0. The molecule has 0 fully saturated rings. The Morgan fingerprint density at radius 1 is 0.442 bits per heavy atom. The minimum Gasteiger partial charge on any atom is -0.462 e. The second-order valence-electron chi connectivity index (χ2n) is 13.9. The first-order valence-corrected chi connectivity index (χ1v) is 21.5. The van der Waals surface area contributed by atoms with Crippen LogP contribution in [0.5, 0.6) is 0 Å². The van der Waals surface area contributed by atoms with Crippen molar-refractivity contribution in [1.82, 2.24) is 0 Å². The van der Waals surface area contributed by atoms with Gasteiger partial charge in [-0.2, -0.15) is 0 Å². The molecule has 0 aromatic carbocycles. The fourth-order valence-corrected chi connectivity index (χ4v) is 5.53. The largest absolute Gasteiger partial charge is 0.462 e. The molecule has 0 aliphatic heterocycles. The number of allylic oxidation sites excluding steroid dienone is 12. The molecular formula is C47H80O5. The summed E-state index contributed by atoms with van der Waals surface area (Å²) < 4.78 is 17.1. The van der Waals surface area contributed by atoms with Gasteiger partial charge in [0, 0.05) is 19.4 Å². The lowest BCUT2D eigenvalue weighted by Gasteiger charge is -2.18. The van der Waals surface area contributed by atoms with E-state index in [4.69, 9.17) is 14.2 Å². The molecule has 0 amide bonds. The summed E-state index contributed by atoms with van der Waals surface area (Å²) in [4.78, 5) is 24.9. The van der Waals surface area contributed by atoms with Crippen molar-refractivity contribution in [2.75, 3.05) is 19.8 Å². The first-order valence-electron chi connectivity index (χ1n) is 21.5. The van der Waals surface area contributed by atoms with Gasteiger partial charge in [-0.25, -0.2) is 0 Å². The van der Waals surface area contributed by atoms with E-state index in [2.05, 4.69) is 93.7 Å². The molecule has 0 heterocycles. The maximum absolute atomic E-state index is 12.5. The third-order valence-electron chi connectivity index (χ3n) is 8.73. The first kappa shape index (κ1) is 49.3. The number of hydrogen-bond acceptors (Lipinski definition) is 5. The summed E-state index contributed by atoms with van der Waals surface area (Å²) in [5, 5.41) is 0. The highest BCUT2D eigenvalue weighted by Gasteiger charge is 2.17. The van der Waals surface area contributed by atoms with Gasteiger partial charge in [0.1, 0.15) is 6.61 Å². The Bertz CT molecular complexity index is 957. The van der Waals surface area contributed by atoms with Crippen LogP contribution in [0.25, 0.3) is 0 Å². The lowest BCUT2D eigenvalue weighted by atomic mass is 10.1. The van der Waals surface area contributed by atoms with E-state index in [0.717, 1.165) is 96.3 Å². The summed E-state index contributed by atoms with van der Waals surface area (Å²) in [6.07, 6.45) is 53.6. The Labute approximate surface area is 321 Å². The molecule has 0 aromatic heterocycles. The second-order valence-corrected chi connectivity index (χ2v) is 13.9. The highest BCUT2D eigenvalue weighted by Crippen LogP contribution is 2.11. The summed E-state index contributed by atoms with van der Waals surface area (Å²) in [6.45, 7) is 7.50. The number of carbonyl (C=O) groups is 2. The second kappa shape index (κ2) is 42.8. The van der Waals surface area contributed by atoms with Crippen LogP contribution in [0.2, 0.25) is 0 Å². The molecule has 0 saturated heterocycles. The van der Waals surface area contributed by atoms with Crippen molar-refractivity contribution in [3.05, 3.63) is 72.9 Å². The molecule has 0 saturated carbocycles. The predicted octanol–water partition coefficient (Wildman–Crippen LogP) is 14.0. The monoisotopic (exact) mass is 725 g/mol. The minimum absolute atomic E-state index is 0.0607. The zero-order chi connectivity index (χ0) is 37.8. The van der Waals surface area contributed by atoms with Gasteiger partial charge in [0.15, 0.2) is 6.10 Å². The van der Waals surface area contributed by atoms with Gasteiger partial charge in [-0.3, -0.25) is 9.59 Å². The molecule has 298 valence electrons. The van der Waals surface area contributed by atoms with Crippen molar-refractivity contribution >= 4 is 11.9 Å². The van der Waals surface area contributed by atoms with Gasteiger partial charge >= 0.3 is 11.9 Å². The first-order chi connectivity index (χ1) is 25.6. The smallest absolute Gasteiger partial charge is 0.306 e. The number of ether oxygens (including phenoxy) is 3. The average Bonchev–Trinajstić information content (AvgIpc) is 3.14. The van der Waals surface area contributed by atoms with Gasteiger partial charge in [-0.15, -0.1) is 0 Å². The van der Waals surface area contributed by atoms with Gasteiger partial charge in [-0.05, 0) is 89.9 Å². The van der Waals surface area contributed by atoms with E-state index < -0.39 is 6.10 Å². The zero-order valence-electron chi connectivity index (χ0n) is 34.1. The van der Waals surface area contributed by atoms with Crippen molar-refractivity contribution in [2.24, 2.45) is 0 Å². The summed E-state index contributed by atoms with van der Waals surface area (Å²) in [7, 11) is 0. The number of carbonyl (C=O) groups excluding carboxylic acids is 2. The van der Waals surface area contributed by atoms with Crippen LogP contribution in [0, 0.1) is 0 Å². The van der Waals surface area contributed by atoms with Gasteiger partial charge in [0.2, 0.25) is 0 Å². The van der Waals surface area contributed by atoms with Gasteiger partial charge in [0.25, 0.3) is 0 Å². The van der Waals surface area contributed by atoms with Crippen LogP contribution in [0.1, 0.15) is 188 Å². The number of unbranched alkanes of at least 4 members (excludes halogenated alkanes) is 15. The molecule has 52 heavy (non-hydrogen) atoms. The van der Waals surface area contributed by atoms with Crippen molar-refractivity contribution in [1.29, 1.82) is 0 Å². The van der Waals surface area contributed by atoms with Crippen LogP contribution in [-0.2, 0) is 23.8 Å². The Balaban J connectivity index is 4.19. The van der Waals surface area contributed by atoms with E-state index >= 15 is 0 Å². The molecule has 1 unspecified atom stereocenters. The van der Waals surface area contributed by atoms with Gasteiger partial charge < -0.3 is 14.2 Å². The number of hydrogen-bond donors (Lipinski definition) is 0. The Morgan fingerprint density at radius 2 is 0.865 bits per heavy atom. The topological polar surface area (TPSA) is 61.8 Å². The van der Waals surface area contributed by atoms with Crippen LogP contribution in [0.15, 0.2) is 72.9 Å². The van der Waals surface area contributed by atoms with Gasteiger partial charge in [0.05, 0.1) is 6.61 Å². The van der Waals surface area contributed by atoms with Crippen LogP contribution in [-0.4, -0.2) is 37.9 Å². The fourth-order valence-electron chi connectivity index (χ4n) is 5.53. The normalized spacial score (nSPS) is 12.9. The van der Waals surface area contributed by atoms with Crippen molar-refractivity contribution < 1.29 is 23.8 Å². The lowest BCUT2D eigenvalue weighted by molar-refractivity contribution is -0.163. The van der Waals surface area contributed by atoms with E-state index in [9.17, 15) is 9.59 Å². The van der Waals surface area contributed by atoms with Crippen molar-refractivity contribution in [3.63, 3.8) is 0 Å². The van der Waals surface area contributed by atoms with E-state index in [1.807, 2.05) is 0 Å². The molecule has 0 bridgehead atoms. The summed E-state index contributed by atoms with van der Waals surface area (Å²) in [6, 6.07) is 0. The van der Waals surface area contributed by atoms with Crippen molar-refractivity contribution in [3.8, 4) is 0 Å². The highest BCUT2D eigenvalue weighted by atomic mass is 16.6. The molecule has 0 N–H and O–H groups in total. The number of rotatable bonds is 38. The summed E-state index contributed by atoms with van der Waals surface area (Å²) >= 11 is 0. The molecule has 0 radical (unpaired) electrons. The third-order valence-corrected chi connectivity index (χ3v) is 8.73. The van der Waals surface area contributed by atoms with E-state index in [-0.39, 0.29) is 25.2 Å². The van der Waals surface area contributed by atoms with Crippen LogP contribution >= 0.6 is 0 Å². The quantitative estimate of drug-likeness (QED) is 0.0360. The Morgan fingerprint density at radius 3 is 1.42 bits per heavy atom. The van der Waals surface area contributed by atoms with E-state index in [0.29, 0.717) is 19.4 Å². The third kappa shape index (κ3) is 40.1.